The number of alkyl halides is 3. The van der Waals surface area contributed by atoms with Gasteiger partial charge in [-0.05, 0) is 41.5 Å². The van der Waals surface area contributed by atoms with Crippen molar-refractivity contribution >= 4 is 11.9 Å². The Labute approximate surface area is 160 Å². The fourth-order valence-electron chi connectivity index (χ4n) is 2.50. The average molecular weight is 382 g/mol. The predicted octanol–water partition coefficient (Wildman–Crippen LogP) is 6.18. The zero-order valence-electron chi connectivity index (χ0n) is 14.8. The van der Waals surface area contributed by atoms with Crippen molar-refractivity contribution in [3.05, 3.63) is 107 Å². The van der Waals surface area contributed by atoms with E-state index in [2.05, 4.69) is 0 Å². The monoisotopic (exact) mass is 382 g/mol. The number of hydrogen-bond acceptors (Lipinski definition) is 2. The summed E-state index contributed by atoms with van der Waals surface area (Å²) in [6.45, 7) is 0.166. The highest BCUT2D eigenvalue weighted by atomic mass is 19.4. The van der Waals surface area contributed by atoms with Crippen LogP contribution in [0.5, 0.6) is 5.75 Å². The number of carbonyl (C=O) groups is 1. The quantitative estimate of drug-likeness (QED) is 0.376. The molecule has 0 spiro atoms. The molecule has 142 valence electrons. The van der Waals surface area contributed by atoms with Gasteiger partial charge in [0, 0.05) is 5.56 Å². The molecule has 0 aliphatic heterocycles. The van der Waals surface area contributed by atoms with E-state index in [9.17, 15) is 18.0 Å². The molecule has 0 heterocycles. The maximum atomic E-state index is 12.6. The third-order valence-electron chi connectivity index (χ3n) is 4.05. The van der Waals surface area contributed by atoms with E-state index < -0.39 is 11.7 Å². The minimum atomic E-state index is -4.34. The van der Waals surface area contributed by atoms with E-state index in [1.54, 1.807) is 42.5 Å². The lowest BCUT2D eigenvalue weighted by Crippen LogP contribution is -2.05. The van der Waals surface area contributed by atoms with Gasteiger partial charge in [0.15, 0.2) is 5.78 Å². The van der Waals surface area contributed by atoms with Crippen LogP contribution in [-0.2, 0) is 12.8 Å². The first kappa shape index (κ1) is 19.4. The Morgan fingerprint density at radius 2 is 1.50 bits per heavy atom. The second-order valence-electron chi connectivity index (χ2n) is 6.12. The molecule has 0 aromatic heterocycles. The molecular weight excluding hydrogens is 365 g/mol. The van der Waals surface area contributed by atoms with Gasteiger partial charge >= 0.3 is 6.18 Å². The van der Waals surface area contributed by atoms with Crippen molar-refractivity contribution in [2.75, 3.05) is 0 Å². The molecule has 0 saturated carbocycles. The van der Waals surface area contributed by atoms with Crippen LogP contribution in [0.2, 0.25) is 0 Å². The number of ketones is 1. The number of benzene rings is 3. The largest absolute Gasteiger partial charge is 0.489 e. The van der Waals surface area contributed by atoms with Crippen LogP contribution in [0.1, 0.15) is 27.0 Å². The van der Waals surface area contributed by atoms with Crippen LogP contribution in [0.25, 0.3) is 6.08 Å². The van der Waals surface area contributed by atoms with Crippen molar-refractivity contribution in [2.45, 2.75) is 12.8 Å². The first-order chi connectivity index (χ1) is 13.4. The van der Waals surface area contributed by atoms with Crippen LogP contribution < -0.4 is 4.74 Å². The van der Waals surface area contributed by atoms with Crippen molar-refractivity contribution < 1.29 is 22.7 Å². The van der Waals surface area contributed by atoms with Gasteiger partial charge in [-0.1, -0.05) is 60.7 Å². The molecule has 0 fully saturated rings. The first-order valence-corrected chi connectivity index (χ1v) is 8.58. The van der Waals surface area contributed by atoms with Crippen LogP contribution in [0.4, 0.5) is 13.2 Å². The van der Waals surface area contributed by atoms with Gasteiger partial charge < -0.3 is 4.74 Å². The molecule has 0 N–H and O–H groups in total. The smallest absolute Gasteiger partial charge is 0.416 e. The Morgan fingerprint density at radius 1 is 0.857 bits per heavy atom. The standard InChI is InChI=1S/C23H17F3O2/c24-23(25,26)20-11-6-18(7-12-20)16-28-21-13-8-17(9-14-21)10-15-22(27)19-4-2-1-3-5-19/h1-15H,16H2. The van der Waals surface area contributed by atoms with E-state index in [1.165, 1.54) is 18.2 Å². The third kappa shape index (κ3) is 5.33. The zero-order chi connectivity index (χ0) is 20.0. The zero-order valence-corrected chi connectivity index (χ0v) is 14.8. The summed E-state index contributed by atoms with van der Waals surface area (Å²) in [5.74, 6) is 0.509. The Bertz CT molecular complexity index is 942. The summed E-state index contributed by atoms with van der Waals surface area (Å²) in [6.07, 6.45) is -1.12. The summed E-state index contributed by atoms with van der Waals surface area (Å²) < 4.78 is 43.3. The summed E-state index contributed by atoms with van der Waals surface area (Å²) in [5, 5.41) is 0. The van der Waals surface area contributed by atoms with Crippen LogP contribution >= 0.6 is 0 Å². The molecule has 0 aliphatic rings. The van der Waals surface area contributed by atoms with E-state index in [-0.39, 0.29) is 12.4 Å². The van der Waals surface area contributed by atoms with Gasteiger partial charge in [-0.3, -0.25) is 4.79 Å². The van der Waals surface area contributed by atoms with E-state index >= 15 is 0 Å². The topological polar surface area (TPSA) is 26.3 Å². The highest BCUT2D eigenvalue weighted by Crippen LogP contribution is 2.29. The molecule has 0 radical (unpaired) electrons. The van der Waals surface area contributed by atoms with E-state index in [1.807, 2.05) is 18.2 Å². The number of carbonyl (C=O) groups excluding carboxylic acids is 1. The van der Waals surface area contributed by atoms with Crippen molar-refractivity contribution in [3.8, 4) is 5.75 Å². The SMILES string of the molecule is O=C(C=Cc1ccc(OCc2ccc(C(F)(F)F)cc2)cc1)c1ccccc1. The van der Waals surface area contributed by atoms with Crippen LogP contribution in [0.15, 0.2) is 84.9 Å². The summed E-state index contributed by atoms with van der Waals surface area (Å²) in [4.78, 5) is 12.0. The van der Waals surface area contributed by atoms with Gasteiger partial charge in [0.05, 0.1) is 5.56 Å². The molecule has 3 rings (SSSR count). The number of halogens is 3. The maximum absolute atomic E-state index is 12.6. The number of ether oxygens (including phenoxy) is 1. The van der Waals surface area contributed by atoms with Gasteiger partial charge in [0.25, 0.3) is 0 Å². The molecule has 0 unspecified atom stereocenters. The number of rotatable bonds is 6. The van der Waals surface area contributed by atoms with E-state index in [0.29, 0.717) is 16.9 Å². The third-order valence-corrected chi connectivity index (χ3v) is 4.05. The lowest BCUT2D eigenvalue weighted by Gasteiger charge is -2.09. The summed E-state index contributed by atoms with van der Waals surface area (Å²) >= 11 is 0. The molecular formula is C23H17F3O2. The van der Waals surface area contributed by atoms with Gasteiger partial charge in [-0.15, -0.1) is 0 Å². The number of hydrogen-bond donors (Lipinski definition) is 0. The summed E-state index contributed by atoms with van der Waals surface area (Å²) in [5.41, 5.74) is 1.42. The average Bonchev–Trinajstić information content (AvgIpc) is 2.71. The van der Waals surface area contributed by atoms with Gasteiger partial charge in [0.2, 0.25) is 0 Å². The van der Waals surface area contributed by atoms with Gasteiger partial charge in [-0.2, -0.15) is 13.2 Å². The normalized spacial score (nSPS) is 11.5. The molecule has 3 aromatic rings. The Kier molecular flexibility index (Phi) is 5.94. The highest BCUT2D eigenvalue weighted by Gasteiger charge is 2.29. The van der Waals surface area contributed by atoms with Crippen LogP contribution in [0, 0.1) is 0 Å². The molecule has 0 aliphatic carbocycles. The van der Waals surface area contributed by atoms with E-state index in [4.69, 9.17) is 4.74 Å². The maximum Gasteiger partial charge on any atom is 0.416 e. The lowest BCUT2D eigenvalue weighted by atomic mass is 10.1. The fraction of sp³-hybridized carbons (Fsp3) is 0.0870. The molecule has 0 atom stereocenters. The summed E-state index contributed by atoms with van der Waals surface area (Å²) in [6, 6.07) is 20.9. The predicted molar refractivity (Wildman–Crippen MR) is 102 cm³/mol. The molecule has 0 saturated heterocycles. The second-order valence-corrected chi connectivity index (χ2v) is 6.12. The molecule has 5 heteroatoms. The molecule has 3 aromatic carbocycles. The minimum absolute atomic E-state index is 0.0803. The van der Waals surface area contributed by atoms with Crippen molar-refractivity contribution in [2.24, 2.45) is 0 Å². The molecule has 28 heavy (non-hydrogen) atoms. The van der Waals surface area contributed by atoms with Crippen LogP contribution in [-0.4, -0.2) is 5.78 Å². The van der Waals surface area contributed by atoms with Crippen molar-refractivity contribution in [1.82, 2.24) is 0 Å². The highest BCUT2D eigenvalue weighted by molar-refractivity contribution is 6.06. The summed E-state index contributed by atoms with van der Waals surface area (Å²) in [7, 11) is 0. The minimum Gasteiger partial charge on any atom is -0.489 e. The lowest BCUT2D eigenvalue weighted by molar-refractivity contribution is -0.137. The molecule has 2 nitrogen and oxygen atoms in total. The Balaban J connectivity index is 1.56. The molecule has 0 bridgehead atoms. The van der Waals surface area contributed by atoms with Gasteiger partial charge in [-0.25, -0.2) is 0 Å². The molecule has 0 amide bonds. The number of allylic oxidation sites excluding steroid dienone is 1. The fourth-order valence-corrected chi connectivity index (χ4v) is 2.50. The van der Waals surface area contributed by atoms with Crippen LogP contribution in [0.3, 0.4) is 0 Å². The Hall–Kier alpha value is -3.34. The van der Waals surface area contributed by atoms with Gasteiger partial charge in [0.1, 0.15) is 12.4 Å². The second kappa shape index (κ2) is 8.57. The van der Waals surface area contributed by atoms with E-state index in [0.717, 1.165) is 17.7 Å². The van der Waals surface area contributed by atoms with Crippen molar-refractivity contribution in [3.63, 3.8) is 0 Å². The first-order valence-electron chi connectivity index (χ1n) is 8.58. The van der Waals surface area contributed by atoms with Crippen molar-refractivity contribution in [1.29, 1.82) is 0 Å². The Morgan fingerprint density at radius 3 is 2.11 bits per heavy atom.